The average molecular weight is 326 g/mol. The third-order valence-electron chi connectivity index (χ3n) is 3.40. The summed E-state index contributed by atoms with van der Waals surface area (Å²) in [5.41, 5.74) is -0.235. The van der Waals surface area contributed by atoms with Crippen LogP contribution in [0.25, 0.3) is 0 Å². The molecule has 1 atom stereocenters. The SMILES string of the molecule is COc1ccc(CNCC(C)(O)c2ccco2)c(Cl)c1OC. The molecule has 6 heteroatoms. The van der Waals surface area contributed by atoms with Crippen LogP contribution in [0.4, 0.5) is 0 Å². The van der Waals surface area contributed by atoms with Crippen molar-refractivity contribution in [1.82, 2.24) is 5.32 Å². The van der Waals surface area contributed by atoms with Gasteiger partial charge in [0.2, 0.25) is 0 Å². The van der Waals surface area contributed by atoms with Crippen LogP contribution in [-0.2, 0) is 12.1 Å². The zero-order valence-corrected chi connectivity index (χ0v) is 13.6. The molecule has 0 saturated carbocycles. The highest BCUT2D eigenvalue weighted by Crippen LogP contribution is 2.37. The van der Waals surface area contributed by atoms with E-state index in [4.69, 9.17) is 25.5 Å². The van der Waals surface area contributed by atoms with Gasteiger partial charge in [0.25, 0.3) is 0 Å². The van der Waals surface area contributed by atoms with Crippen LogP contribution in [0.1, 0.15) is 18.2 Å². The number of hydrogen-bond acceptors (Lipinski definition) is 5. The summed E-state index contributed by atoms with van der Waals surface area (Å²) in [5.74, 6) is 1.60. The van der Waals surface area contributed by atoms with Gasteiger partial charge in [-0.1, -0.05) is 17.7 Å². The van der Waals surface area contributed by atoms with Gasteiger partial charge in [-0.25, -0.2) is 0 Å². The van der Waals surface area contributed by atoms with E-state index in [0.29, 0.717) is 35.4 Å². The van der Waals surface area contributed by atoms with Gasteiger partial charge in [-0.2, -0.15) is 0 Å². The smallest absolute Gasteiger partial charge is 0.179 e. The molecule has 120 valence electrons. The fourth-order valence-corrected chi connectivity index (χ4v) is 2.48. The predicted molar refractivity (Wildman–Crippen MR) is 84.5 cm³/mol. The quantitative estimate of drug-likeness (QED) is 0.819. The van der Waals surface area contributed by atoms with Crippen LogP contribution < -0.4 is 14.8 Å². The lowest BCUT2D eigenvalue weighted by Crippen LogP contribution is -2.34. The number of methoxy groups -OCH3 is 2. The fourth-order valence-electron chi connectivity index (χ4n) is 2.18. The number of benzene rings is 1. The second-order valence-corrected chi connectivity index (χ2v) is 5.51. The van der Waals surface area contributed by atoms with E-state index in [1.807, 2.05) is 6.07 Å². The van der Waals surface area contributed by atoms with Gasteiger partial charge in [0.05, 0.1) is 25.5 Å². The minimum Gasteiger partial charge on any atom is -0.493 e. The molecule has 0 aliphatic heterocycles. The third kappa shape index (κ3) is 3.55. The molecule has 0 radical (unpaired) electrons. The van der Waals surface area contributed by atoms with Gasteiger partial charge in [0.15, 0.2) is 11.5 Å². The molecule has 0 aliphatic rings. The van der Waals surface area contributed by atoms with Gasteiger partial charge in [0, 0.05) is 13.1 Å². The highest BCUT2D eigenvalue weighted by molar-refractivity contribution is 6.33. The number of aliphatic hydroxyl groups is 1. The van der Waals surface area contributed by atoms with E-state index >= 15 is 0 Å². The van der Waals surface area contributed by atoms with E-state index in [1.54, 1.807) is 39.3 Å². The molecule has 22 heavy (non-hydrogen) atoms. The maximum absolute atomic E-state index is 10.4. The van der Waals surface area contributed by atoms with Crippen LogP contribution in [0.15, 0.2) is 34.9 Å². The number of rotatable bonds is 7. The third-order valence-corrected chi connectivity index (χ3v) is 3.82. The number of nitrogens with one attached hydrogen (secondary N) is 1. The van der Waals surface area contributed by atoms with Crippen molar-refractivity contribution < 1.29 is 19.0 Å². The normalized spacial score (nSPS) is 13.7. The molecule has 2 N–H and O–H groups in total. The molecule has 0 bridgehead atoms. The number of ether oxygens (including phenoxy) is 2. The summed E-state index contributed by atoms with van der Waals surface area (Å²) in [4.78, 5) is 0. The standard InChI is InChI=1S/C16H20ClNO4/c1-16(19,13-5-4-8-22-13)10-18-9-11-6-7-12(20-2)15(21-3)14(11)17/h4-8,18-19H,9-10H2,1-3H3. The number of furan rings is 1. The highest BCUT2D eigenvalue weighted by atomic mass is 35.5. The zero-order chi connectivity index (χ0) is 16.2. The molecule has 0 saturated heterocycles. The summed E-state index contributed by atoms with van der Waals surface area (Å²) < 4.78 is 15.7. The molecule has 1 heterocycles. The Morgan fingerprint density at radius 1 is 1.27 bits per heavy atom. The molecular weight excluding hydrogens is 306 g/mol. The van der Waals surface area contributed by atoms with Crippen molar-refractivity contribution in [1.29, 1.82) is 0 Å². The first kappa shape index (κ1) is 16.7. The molecule has 2 aromatic rings. The molecular formula is C16H20ClNO4. The lowest BCUT2D eigenvalue weighted by Gasteiger charge is -2.21. The van der Waals surface area contributed by atoms with Gasteiger partial charge in [-0.05, 0) is 30.7 Å². The molecule has 0 fully saturated rings. The van der Waals surface area contributed by atoms with Crippen molar-refractivity contribution in [2.75, 3.05) is 20.8 Å². The molecule has 5 nitrogen and oxygen atoms in total. The second kappa shape index (κ2) is 7.05. The topological polar surface area (TPSA) is 63.9 Å². The van der Waals surface area contributed by atoms with Gasteiger partial charge in [-0.3, -0.25) is 0 Å². The minimum absolute atomic E-state index is 0.325. The lowest BCUT2D eigenvalue weighted by molar-refractivity contribution is 0.0340. The largest absolute Gasteiger partial charge is 0.493 e. The van der Waals surface area contributed by atoms with Gasteiger partial charge in [0.1, 0.15) is 11.4 Å². The van der Waals surface area contributed by atoms with Crippen molar-refractivity contribution in [3.63, 3.8) is 0 Å². The Kier molecular flexibility index (Phi) is 5.34. The summed E-state index contributed by atoms with van der Waals surface area (Å²) in [5, 5.41) is 14.0. The lowest BCUT2D eigenvalue weighted by atomic mass is 10.0. The Hall–Kier alpha value is -1.69. The fraction of sp³-hybridized carbons (Fsp3) is 0.375. The highest BCUT2D eigenvalue weighted by Gasteiger charge is 2.25. The monoisotopic (exact) mass is 325 g/mol. The Morgan fingerprint density at radius 3 is 2.64 bits per heavy atom. The van der Waals surface area contributed by atoms with Crippen LogP contribution >= 0.6 is 11.6 Å². The summed E-state index contributed by atoms with van der Waals surface area (Å²) in [6, 6.07) is 7.14. The average Bonchev–Trinajstić information content (AvgIpc) is 3.03. The van der Waals surface area contributed by atoms with Crippen molar-refractivity contribution in [2.24, 2.45) is 0 Å². The Balaban J connectivity index is 2.03. The molecule has 0 spiro atoms. The summed E-state index contributed by atoms with van der Waals surface area (Å²) in [6.07, 6.45) is 1.54. The van der Waals surface area contributed by atoms with Crippen LogP contribution in [0.5, 0.6) is 11.5 Å². The Bertz CT molecular complexity index is 611. The predicted octanol–water partition coefficient (Wildman–Crippen LogP) is 2.95. The summed E-state index contributed by atoms with van der Waals surface area (Å²) in [7, 11) is 3.11. The molecule has 0 aliphatic carbocycles. The van der Waals surface area contributed by atoms with Crippen molar-refractivity contribution in [3.8, 4) is 11.5 Å². The van der Waals surface area contributed by atoms with Crippen LogP contribution in [-0.4, -0.2) is 25.9 Å². The molecule has 1 unspecified atom stereocenters. The van der Waals surface area contributed by atoms with Gasteiger partial charge < -0.3 is 24.3 Å². The van der Waals surface area contributed by atoms with Crippen LogP contribution in [0.3, 0.4) is 0 Å². The number of hydrogen-bond donors (Lipinski definition) is 2. The first-order valence-electron chi connectivity index (χ1n) is 6.86. The molecule has 2 rings (SSSR count). The van der Waals surface area contributed by atoms with E-state index in [2.05, 4.69) is 5.32 Å². The van der Waals surface area contributed by atoms with Crippen molar-refractivity contribution in [3.05, 3.63) is 46.9 Å². The van der Waals surface area contributed by atoms with Crippen LogP contribution in [0.2, 0.25) is 5.02 Å². The summed E-state index contributed by atoms with van der Waals surface area (Å²) in [6.45, 7) is 2.50. The first-order chi connectivity index (χ1) is 10.5. The van der Waals surface area contributed by atoms with E-state index in [9.17, 15) is 5.11 Å². The van der Waals surface area contributed by atoms with E-state index in [-0.39, 0.29) is 0 Å². The van der Waals surface area contributed by atoms with Crippen molar-refractivity contribution >= 4 is 11.6 Å². The second-order valence-electron chi connectivity index (χ2n) is 5.13. The summed E-state index contributed by atoms with van der Waals surface area (Å²) >= 11 is 6.32. The van der Waals surface area contributed by atoms with Crippen LogP contribution in [0, 0.1) is 0 Å². The van der Waals surface area contributed by atoms with Crippen molar-refractivity contribution in [2.45, 2.75) is 19.1 Å². The Labute approximate surface area is 134 Å². The number of halogens is 1. The molecule has 1 aromatic carbocycles. The van der Waals surface area contributed by atoms with Gasteiger partial charge >= 0.3 is 0 Å². The zero-order valence-electron chi connectivity index (χ0n) is 12.9. The van der Waals surface area contributed by atoms with Gasteiger partial charge in [-0.15, -0.1) is 0 Å². The van der Waals surface area contributed by atoms with E-state index < -0.39 is 5.60 Å². The first-order valence-corrected chi connectivity index (χ1v) is 7.24. The van der Waals surface area contributed by atoms with E-state index in [0.717, 1.165) is 5.56 Å². The Morgan fingerprint density at radius 2 is 2.05 bits per heavy atom. The minimum atomic E-state index is -1.09. The van der Waals surface area contributed by atoms with E-state index in [1.165, 1.54) is 6.26 Å². The maximum Gasteiger partial charge on any atom is 0.179 e. The molecule has 1 aromatic heterocycles. The maximum atomic E-state index is 10.4. The molecule has 0 amide bonds.